The van der Waals surface area contributed by atoms with Crippen molar-refractivity contribution >= 4 is 5.91 Å². The van der Waals surface area contributed by atoms with Gasteiger partial charge in [-0.25, -0.2) is 0 Å². The maximum atomic E-state index is 12.4. The van der Waals surface area contributed by atoms with Crippen molar-refractivity contribution in [1.29, 1.82) is 0 Å². The highest BCUT2D eigenvalue weighted by Crippen LogP contribution is 2.17. The molecule has 54 heavy (non-hydrogen) atoms. The van der Waals surface area contributed by atoms with Crippen molar-refractivity contribution in [1.82, 2.24) is 5.32 Å². The minimum Gasteiger partial charge on any atom is -0.394 e. The Bertz CT molecular complexity index is 758. The molecule has 3 unspecified atom stereocenters. The van der Waals surface area contributed by atoms with Gasteiger partial charge in [-0.15, -0.1) is 0 Å². The van der Waals surface area contributed by atoms with E-state index in [4.69, 9.17) is 0 Å². The number of aliphatic hydroxyl groups excluding tert-OH is 3. The molecule has 0 fully saturated rings. The molecular weight excluding hydrogens is 667 g/mol. The summed E-state index contributed by atoms with van der Waals surface area (Å²) in [6.07, 6.45) is 53.3. The lowest BCUT2D eigenvalue weighted by Crippen LogP contribution is -2.50. The molecule has 0 aromatic heterocycles. The Kier molecular flexibility index (Phi) is 44.0. The number of allylic oxidation sites excluding steroid dienone is 2. The van der Waals surface area contributed by atoms with E-state index in [9.17, 15) is 20.1 Å². The number of nitrogens with one attached hydrogen (secondary N) is 1. The van der Waals surface area contributed by atoms with Crippen LogP contribution in [0.5, 0.6) is 0 Å². The summed E-state index contributed by atoms with van der Waals surface area (Å²) in [6, 6.07) is -0.811. The van der Waals surface area contributed by atoms with Crippen LogP contribution < -0.4 is 5.32 Å². The summed E-state index contributed by atoms with van der Waals surface area (Å²) in [5.74, 6) is -0.149. The summed E-state index contributed by atoms with van der Waals surface area (Å²) in [6.45, 7) is 4.20. The number of unbranched alkanes of at least 4 members (excludes halogenated alkanes) is 35. The Morgan fingerprint density at radius 2 is 0.741 bits per heavy atom. The lowest BCUT2D eigenvalue weighted by atomic mass is 9.99. The molecule has 0 saturated heterocycles. The molecule has 0 aliphatic carbocycles. The highest BCUT2D eigenvalue weighted by Gasteiger charge is 2.26. The second-order valence-corrected chi connectivity index (χ2v) is 17.0. The molecule has 0 spiro atoms. The van der Waals surface area contributed by atoms with Crippen molar-refractivity contribution < 1.29 is 20.1 Å². The van der Waals surface area contributed by atoms with E-state index in [1.165, 1.54) is 199 Å². The van der Waals surface area contributed by atoms with Gasteiger partial charge in [0.05, 0.1) is 18.8 Å². The molecule has 5 nitrogen and oxygen atoms in total. The van der Waals surface area contributed by atoms with Crippen LogP contribution in [0.4, 0.5) is 0 Å². The van der Waals surface area contributed by atoms with Gasteiger partial charge in [-0.2, -0.15) is 0 Å². The molecule has 0 saturated carbocycles. The molecule has 0 radical (unpaired) electrons. The van der Waals surface area contributed by atoms with Crippen molar-refractivity contribution in [2.24, 2.45) is 0 Å². The maximum absolute atomic E-state index is 12.4. The first-order valence-corrected chi connectivity index (χ1v) is 24.5. The van der Waals surface area contributed by atoms with Crippen molar-refractivity contribution in [2.45, 2.75) is 289 Å². The molecule has 0 bridgehead atoms. The molecule has 0 heterocycles. The van der Waals surface area contributed by atoms with Gasteiger partial charge in [-0.1, -0.05) is 238 Å². The molecule has 322 valence electrons. The van der Waals surface area contributed by atoms with Crippen LogP contribution in [0.3, 0.4) is 0 Å². The number of hydrogen-bond donors (Lipinski definition) is 4. The topological polar surface area (TPSA) is 89.8 Å². The van der Waals surface area contributed by atoms with Gasteiger partial charge < -0.3 is 20.6 Å². The second-order valence-electron chi connectivity index (χ2n) is 17.0. The second kappa shape index (κ2) is 44.8. The van der Waals surface area contributed by atoms with Crippen molar-refractivity contribution in [3.63, 3.8) is 0 Å². The molecule has 0 aliphatic rings. The number of aliphatic hydroxyl groups is 3. The van der Waals surface area contributed by atoms with E-state index in [1.54, 1.807) is 0 Å². The predicted octanol–water partition coefficient (Wildman–Crippen LogP) is 14.4. The molecule has 3 atom stereocenters. The van der Waals surface area contributed by atoms with E-state index >= 15 is 0 Å². The molecule has 0 rings (SSSR count). The predicted molar refractivity (Wildman–Crippen MR) is 236 cm³/mol. The van der Waals surface area contributed by atoms with Crippen molar-refractivity contribution in [3.05, 3.63) is 12.2 Å². The summed E-state index contributed by atoms with van der Waals surface area (Å²) >= 11 is 0. The third-order valence-electron chi connectivity index (χ3n) is 11.6. The highest BCUT2D eigenvalue weighted by molar-refractivity contribution is 5.76. The summed E-state index contributed by atoms with van der Waals surface area (Å²) in [5, 5.41) is 33.7. The molecule has 4 N–H and O–H groups in total. The first-order chi connectivity index (χ1) is 26.6. The Morgan fingerprint density at radius 3 is 1.07 bits per heavy atom. The van der Waals surface area contributed by atoms with E-state index in [0.717, 1.165) is 44.9 Å². The van der Waals surface area contributed by atoms with Gasteiger partial charge >= 0.3 is 0 Å². The van der Waals surface area contributed by atoms with Gasteiger partial charge in [-0.05, 0) is 38.5 Å². The van der Waals surface area contributed by atoms with Gasteiger partial charge in [-0.3, -0.25) is 4.79 Å². The minimum absolute atomic E-state index is 0.149. The largest absolute Gasteiger partial charge is 0.394 e. The number of carbonyl (C=O) groups excluding carboxylic acids is 1. The highest BCUT2D eigenvalue weighted by atomic mass is 16.3. The Hall–Kier alpha value is -0.910. The van der Waals surface area contributed by atoms with Crippen molar-refractivity contribution in [2.75, 3.05) is 6.61 Å². The van der Waals surface area contributed by atoms with Gasteiger partial charge in [0.2, 0.25) is 5.91 Å². The van der Waals surface area contributed by atoms with Crippen LogP contribution in [0.15, 0.2) is 12.2 Å². The lowest BCUT2D eigenvalue weighted by molar-refractivity contribution is -0.124. The number of hydrogen-bond acceptors (Lipinski definition) is 4. The van der Waals surface area contributed by atoms with E-state index < -0.39 is 18.2 Å². The zero-order valence-electron chi connectivity index (χ0n) is 36.6. The fourth-order valence-electron chi connectivity index (χ4n) is 7.81. The average Bonchev–Trinajstić information content (AvgIpc) is 3.18. The zero-order valence-corrected chi connectivity index (χ0v) is 36.6. The molecule has 1 amide bonds. The summed E-state index contributed by atoms with van der Waals surface area (Å²) in [4.78, 5) is 12.4. The number of carbonyl (C=O) groups is 1. The molecule has 0 aromatic rings. The lowest BCUT2D eigenvalue weighted by Gasteiger charge is -2.26. The smallest absolute Gasteiger partial charge is 0.220 e. The number of amides is 1. The van der Waals surface area contributed by atoms with Crippen LogP contribution in [0.2, 0.25) is 0 Å². The molecule has 0 aliphatic heterocycles. The number of rotatable bonds is 45. The minimum atomic E-state index is -1.14. The fourth-order valence-corrected chi connectivity index (χ4v) is 7.81. The van der Waals surface area contributed by atoms with Crippen LogP contribution >= 0.6 is 0 Å². The van der Waals surface area contributed by atoms with E-state index in [-0.39, 0.29) is 12.5 Å². The Morgan fingerprint density at radius 1 is 0.444 bits per heavy atom. The summed E-state index contributed by atoms with van der Waals surface area (Å²) in [5.41, 5.74) is 0. The van der Waals surface area contributed by atoms with Crippen molar-refractivity contribution in [3.8, 4) is 0 Å². The van der Waals surface area contributed by atoms with Crippen LogP contribution in [0, 0.1) is 0 Å². The fraction of sp³-hybridized carbons (Fsp3) is 0.939. The van der Waals surface area contributed by atoms with E-state index in [1.807, 2.05) is 0 Å². The first kappa shape index (κ1) is 53.1. The zero-order chi connectivity index (χ0) is 39.4. The van der Waals surface area contributed by atoms with Crippen LogP contribution in [-0.4, -0.2) is 46.1 Å². The maximum Gasteiger partial charge on any atom is 0.220 e. The van der Waals surface area contributed by atoms with Gasteiger partial charge in [0.25, 0.3) is 0 Å². The van der Waals surface area contributed by atoms with Crippen LogP contribution in [-0.2, 0) is 4.79 Å². The quantitative estimate of drug-likeness (QED) is 0.0367. The Labute approximate surface area is 338 Å². The SMILES string of the molecule is CCCCCCCCCCC/C=C\CCCCCCCC(=O)NC(CO)C(O)C(O)CCCCCCCCCCCCCCCCCCCCCCCC. The van der Waals surface area contributed by atoms with E-state index in [2.05, 4.69) is 31.3 Å². The van der Waals surface area contributed by atoms with Gasteiger partial charge in [0.15, 0.2) is 0 Å². The Balaban J connectivity index is 3.57. The first-order valence-electron chi connectivity index (χ1n) is 24.5. The standard InChI is InChI=1S/C49H97NO4/c1-3-5-7-9-11-13-15-17-19-21-23-24-25-26-27-29-31-33-35-37-39-41-43-47(52)49(54)46(45-51)50-48(53)44-42-40-38-36-34-32-30-28-22-20-18-16-14-12-10-8-6-4-2/h28,30,46-47,49,51-52,54H,3-27,29,31-45H2,1-2H3,(H,50,53)/b30-28-. The van der Waals surface area contributed by atoms with Gasteiger partial charge in [0.1, 0.15) is 6.10 Å². The summed E-state index contributed by atoms with van der Waals surface area (Å²) in [7, 11) is 0. The molecular formula is C49H97NO4. The van der Waals surface area contributed by atoms with Crippen LogP contribution in [0.1, 0.15) is 271 Å². The monoisotopic (exact) mass is 764 g/mol. The third-order valence-corrected chi connectivity index (χ3v) is 11.6. The van der Waals surface area contributed by atoms with Crippen LogP contribution in [0.25, 0.3) is 0 Å². The third kappa shape index (κ3) is 39.3. The molecule has 0 aromatic carbocycles. The molecule has 5 heteroatoms. The average molecular weight is 764 g/mol. The summed E-state index contributed by atoms with van der Waals surface area (Å²) < 4.78 is 0. The van der Waals surface area contributed by atoms with Gasteiger partial charge in [0, 0.05) is 6.42 Å². The normalized spacial score (nSPS) is 13.5. The van der Waals surface area contributed by atoms with E-state index in [0.29, 0.717) is 12.8 Å².